The van der Waals surface area contributed by atoms with Crippen LogP contribution in [0.1, 0.15) is 25.7 Å². The summed E-state index contributed by atoms with van der Waals surface area (Å²) in [6.07, 6.45) is 3.61. The molecule has 4 aliphatic rings. The first-order valence-corrected chi connectivity index (χ1v) is 28.5. The van der Waals surface area contributed by atoms with Crippen LogP contribution < -0.4 is 31.4 Å². The SMILES string of the molecule is NP1(Nc2ccccc2)=NP2(=NP(Cl)(Cl)=N1)NCCCN2CCCCN1CCCNP12=NP(Cl)(Cl)=NP(N)(Nc1ccccc1)=N2. The van der Waals surface area contributed by atoms with Gasteiger partial charge in [-0.2, -0.15) is 27.1 Å². The van der Waals surface area contributed by atoms with Gasteiger partial charge < -0.3 is 10.2 Å². The van der Waals surface area contributed by atoms with Gasteiger partial charge in [0.1, 0.15) is 0 Å². The quantitative estimate of drug-likeness (QED) is 0.107. The van der Waals surface area contributed by atoms with Crippen molar-refractivity contribution >= 4 is 98.2 Å². The van der Waals surface area contributed by atoms with Gasteiger partial charge in [-0.3, -0.25) is 21.2 Å². The highest BCUT2D eigenvalue weighted by atomic mass is 35.9. The molecule has 0 saturated carbocycles. The summed E-state index contributed by atoms with van der Waals surface area (Å²) in [7, 11) is -11.3. The van der Waals surface area contributed by atoms with Crippen molar-refractivity contribution in [3.63, 3.8) is 0 Å². The van der Waals surface area contributed by atoms with Crippen molar-refractivity contribution in [1.29, 1.82) is 0 Å². The van der Waals surface area contributed by atoms with Crippen LogP contribution in [0, 0.1) is 0 Å². The molecular weight excluding hydrogens is 788 g/mol. The second-order valence-electron chi connectivity index (χ2n) is 11.0. The lowest BCUT2D eigenvalue weighted by molar-refractivity contribution is 0.365. The van der Waals surface area contributed by atoms with Gasteiger partial charge in [0, 0.05) is 50.6 Å². The van der Waals surface area contributed by atoms with E-state index in [1.165, 1.54) is 0 Å². The summed E-state index contributed by atoms with van der Waals surface area (Å²) in [5.41, 5.74) is 15.2. The van der Waals surface area contributed by atoms with Crippen molar-refractivity contribution in [3.05, 3.63) is 60.7 Å². The largest absolute Gasteiger partial charge is 0.323 e. The van der Waals surface area contributed by atoms with Gasteiger partial charge in [-0.1, -0.05) is 36.4 Å². The molecule has 8 N–H and O–H groups in total. The molecular formula is C22H38Cl4N14P6. The Bertz CT molecular complexity index is 1650. The zero-order valence-electron chi connectivity index (χ0n) is 24.8. The van der Waals surface area contributed by atoms with Crippen LogP contribution in [0.25, 0.3) is 0 Å². The first-order chi connectivity index (χ1) is 21.8. The van der Waals surface area contributed by atoms with Crippen LogP contribution in [-0.2, 0) is 0 Å². The lowest BCUT2D eigenvalue weighted by Gasteiger charge is -2.42. The van der Waals surface area contributed by atoms with E-state index in [1.54, 1.807) is 0 Å². The molecule has 24 heteroatoms. The average molecular weight is 826 g/mol. The third kappa shape index (κ3) is 8.79. The predicted molar refractivity (Wildman–Crippen MR) is 206 cm³/mol. The Morgan fingerprint density at radius 2 is 1.00 bits per heavy atom. The van der Waals surface area contributed by atoms with Gasteiger partial charge in [0.25, 0.3) is 11.8 Å². The smallest absolute Gasteiger partial charge is 0.258 e. The Kier molecular flexibility index (Phi) is 11.4. The van der Waals surface area contributed by atoms with Gasteiger partial charge in [0.2, 0.25) is 30.0 Å². The molecule has 4 heterocycles. The third-order valence-electron chi connectivity index (χ3n) is 7.31. The van der Waals surface area contributed by atoms with Crippen molar-refractivity contribution in [2.45, 2.75) is 25.7 Å². The van der Waals surface area contributed by atoms with E-state index in [9.17, 15) is 0 Å². The highest BCUT2D eigenvalue weighted by Gasteiger charge is 2.41. The lowest BCUT2D eigenvalue weighted by atomic mass is 10.3. The fraction of sp³-hybridized carbons (Fsp3) is 0.455. The molecule has 2 aromatic carbocycles. The fourth-order valence-electron chi connectivity index (χ4n) is 5.51. The van der Waals surface area contributed by atoms with Gasteiger partial charge in [0.15, 0.2) is 0 Å². The fourth-order valence-corrected chi connectivity index (χ4v) is 31.1. The summed E-state index contributed by atoms with van der Waals surface area (Å²) < 4.78 is 33.6. The number of hydrogen-bond donors (Lipinski definition) is 6. The average Bonchev–Trinajstić information content (AvgIpc) is 2.95. The molecule has 254 valence electrons. The minimum absolute atomic E-state index is 0.731. The normalized spacial score (nSPS) is 33.8. The third-order valence-corrected chi connectivity index (χ3v) is 28.8. The van der Waals surface area contributed by atoms with Crippen LogP contribution in [0.4, 0.5) is 11.4 Å². The van der Waals surface area contributed by atoms with Gasteiger partial charge >= 0.3 is 0 Å². The number of unbranched alkanes of at least 4 members (excludes halogenated alkanes) is 1. The summed E-state index contributed by atoms with van der Waals surface area (Å²) in [5.74, 6) is -6.15. The first kappa shape index (κ1) is 36.1. The topological polar surface area (TPSA) is 181 Å². The standard InChI is InChI=1S/C22H38Cl4N14P6/c23-41(24)33-43(27,31-21-11-3-1-4-12-21)37-45(35-41)29-15-9-19-39(45)17-7-8-18-40-20-10-16-30-46(40)36-42(25,26)34-44(28,38-46)32-22-13-5-2-6-14-22/h1-6,11-14,29-32H,7-10,15-20,27-28H2. The molecule has 0 bridgehead atoms. The van der Waals surface area contributed by atoms with Crippen molar-refractivity contribution in [3.8, 4) is 0 Å². The van der Waals surface area contributed by atoms with Crippen LogP contribution >= 0.6 is 86.8 Å². The highest BCUT2D eigenvalue weighted by Crippen LogP contribution is 2.81. The van der Waals surface area contributed by atoms with Crippen LogP contribution in [0.15, 0.2) is 87.8 Å². The highest BCUT2D eigenvalue weighted by molar-refractivity contribution is 8.14. The number of nitrogens with one attached hydrogen (secondary N) is 4. The second-order valence-corrected chi connectivity index (χ2v) is 30.9. The molecule has 4 unspecified atom stereocenters. The number of hydrogen-bond acceptors (Lipinski definition) is 14. The molecule has 14 nitrogen and oxygen atoms in total. The molecule has 4 atom stereocenters. The monoisotopic (exact) mass is 824 g/mol. The van der Waals surface area contributed by atoms with Crippen LogP contribution in [0.5, 0.6) is 0 Å². The Morgan fingerprint density at radius 1 is 0.609 bits per heavy atom. The summed E-state index contributed by atoms with van der Waals surface area (Å²) in [5, 5.41) is 13.8. The Balaban J connectivity index is 1.20. The maximum absolute atomic E-state index is 6.81. The van der Waals surface area contributed by atoms with Crippen molar-refractivity contribution in [1.82, 2.24) is 19.5 Å². The number of nitrogens with two attached hydrogens (primary N) is 2. The summed E-state index contributed by atoms with van der Waals surface area (Å²) in [6.45, 7) is 4.57. The molecule has 2 spiro atoms. The van der Waals surface area contributed by atoms with E-state index in [0.717, 1.165) is 76.3 Å². The zero-order valence-corrected chi connectivity index (χ0v) is 33.2. The van der Waals surface area contributed by atoms with E-state index in [-0.39, 0.29) is 0 Å². The van der Waals surface area contributed by atoms with Crippen molar-refractivity contribution in [2.75, 3.05) is 49.4 Å². The number of benzene rings is 2. The van der Waals surface area contributed by atoms with E-state index in [4.69, 9.17) is 74.0 Å². The Hall–Kier alpha value is 0.340. The summed E-state index contributed by atoms with van der Waals surface area (Å²) in [6, 6.07) is 19.2. The number of para-hydroxylation sites is 2. The molecule has 0 aromatic heterocycles. The lowest BCUT2D eigenvalue weighted by Crippen LogP contribution is -2.38. The Morgan fingerprint density at radius 3 is 1.39 bits per heavy atom. The summed E-state index contributed by atoms with van der Waals surface area (Å²) in [4.78, 5) is 0. The molecule has 2 aromatic rings. The zero-order chi connectivity index (χ0) is 32.5. The van der Waals surface area contributed by atoms with Crippen LogP contribution in [0.3, 0.4) is 0 Å². The summed E-state index contributed by atoms with van der Waals surface area (Å²) >= 11 is 26.9. The second kappa shape index (κ2) is 14.5. The molecule has 4 aliphatic heterocycles. The molecule has 0 amide bonds. The van der Waals surface area contributed by atoms with E-state index in [0.29, 0.717) is 0 Å². The maximum atomic E-state index is 6.81. The van der Waals surface area contributed by atoms with Gasteiger partial charge in [-0.15, -0.1) is 0 Å². The van der Waals surface area contributed by atoms with Crippen LogP contribution in [0.2, 0.25) is 0 Å². The van der Waals surface area contributed by atoms with E-state index < -0.39 is 41.8 Å². The van der Waals surface area contributed by atoms with Gasteiger partial charge in [0.05, 0.1) is 0 Å². The molecule has 46 heavy (non-hydrogen) atoms. The Labute approximate surface area is 290 Å². The number of anilines is 2. The van der Waals surface area contributed by atoms with Crippen molar-refractivity contribution in [2.24, 2.45) is 38.1 Å². The molecule has 2 fully saturated rings. The van der Waals surface area contributed by atoms with E-state index >= 15 is 0 Å². The minimum atomic E-state index is -3.07. The van der Waals surface area contributed by atoms with Gasteiger partial charge in [-0.05, 0) is 94.9 Å². The number of halogens is 4. The van der Waals surface area contributed by atoms with Crippen molar-refractivity contribution < 1.29 is 0 Å². The number of rotatable bonds is 9. The first-order valence-electron chi connectivity index (χ1n) is 14.7. The molecule has 0 radical (unpaired) electrons. The maximum Gasteiger partial charge on any atom is 0.258 e. The molecule has 2 saturated heterocycles. The predicted octanol–water partition coefficient (Wildman–Crippen LogP) is 11.2. The molecule has 0 aliphatic carbocycles. The van der Waals surface area contributed by atoms with Crippen LogP contribution in [-0.4, -0.2) is 48.6 Å². The van der Waals surface area contributed by atoms with Gasteiger partial charge in [-0.25, -0.2) is 9.34 Å². The van der Waals surface area contributed by atoms with E-state index in [1.807, 2.05) is 60.7 Å². The molecule has 6 rings (SSSR count). The number of nitrogens with zero attached hydrogens (tertiary/aromatic N) is 8. The van der Waals surface area contributed by atoms with E-state index in [2.05, 4.69) is 38.7 Å². The minimum Gasteiger partial charge on any atom is -0.323 e.